The van der Waals surface area contributed by atoms with Gasteiger partial charge >= 0.3 is 0 Å². The van der Waals surface area contributed by atoms with E-state index in [1.54, 1.807) is 4.68 Å². The van der Waals surface area contributed by atoms with E-state index in [1.165, 1.54) is 5.56 Å². The molecule has 0 aliphatic carbocycles. The first-order chi connectivity index (χ1) is 9.06. The van der Waals surface area contributed by atoms with E-state index in [2.05, 4.69) is 57.9 Å². The van der Waals surface area contributed by atoms with E-state index in [9.17, 15) is 0 Å². The van der Waals surface area contributed by atoms with Gasteiger partial charge in [0.2, 0.25) is 0 Å². The monoisotopic (exact) mass is 370 g/mol. The highest BCUT2D eigenvalue weighted by Crippen LogP contribution is 2.11. The highest BCUT2D eigenvalue weighted by Gasteiger charge is 2.05. The second kappa shape index (κ2) is 6.47. The molecule has 2 rings (SSSR count). The van der Waals surface area contributed by atoms with Crippen molar-refractivity contribution >= 4 is 22.6 Å². The molecule has 0 aliphatic heterocycles. The summed E-state index contributed by atoms with van der Waals surface area (Å²) in [6, 6.07) is 4.14. The first-order valence-corrected chi connectivity index (χ1v) is 7.52. The minimum absolute atomic E-state index is 0.665. The summed E-state index contributed by atoms with van der Waals surface area (Å²) in [6.45, 7) is 8.36. The van der Waals surface area contributed by atoms with Crippen LogP contribution >= 0.6 is 22.6 Å². The fourth-order valence-corrected chi connectivity index (χ4v) is 2.20. The van der Waals surface area contributed by atoms with Gasteiger partial charge in [0, 0.05) is 18.4 Å². The van der Waals surface area contributed by atoms with Crippen molar-refractivity contribution in [2.24, 2.45) is 5.92 Å². The van der Waals surface area contributed by atoms with Gasteiger partial charge in [0.25, 0.3) is 0 Å². The Balaban J connectivity index is 2.09. The number of nitrogens with one attached hydrogen (secondary N) is 1. The molecule has 0 spiro atoms. The maximum Gasteiger partial charge on any atom is 0.153 e. The minimum Gasteiger partial charge on any atom is -0.312 e. The lowest BCUT2D eigenvalue weighted by Gasteiger charge is -2.10. The zero-order chi connectivity index (χ0) is 13.8. The average molecular weight is 370 g/mol. The van der Waals surface area contributed by atoms with Crippen LogP contribution in [-0.4, -0.2) is 21.3 Å². The van der Waals surface area contributed by atoms with E-state index in [1.807, 2.05) is 25.4 Å². The van der Waals surface area contributed by atoms with Crippen LogP contribution in [0.3, 0.4) is 0 Å². The lowest BCUT2D eigenvalue weighted by Crippen LogP contribution is -2.19. The fourth-order valence-electron chi connectivity index (χ4n) is 1.81. The Hall–Kier alpha value is -0.950. The highest BCUT2D eigenvalue weighted by atomic mass is 127. The van der Waals surface area contributed by atoms with Crippen LogP contribution in [0.4, 0.5) is 0 Å². The molecule has 0 amide bonds. The summed E-state index contributed by atoms with van der Waals surface area (Å²) < 4.78 is 2.92. The van der Waals surface area contributed by atoms with Gasteiger partial charge in [0.15, 0.2) is 5.82 Å². The molecule has 19 heavy (non-hydrogen) atoms. The molecule has 5 heteroatoms. The van der Waals surface area contributed by atoms with Crippen LogP contribution in [0.1, 0.15) is 25.1 Å². The molecule has 102 valence electrons. The molecule has 0 unspecified atom stereocenters. The molecule has 0 saturated heterocycles. The number of hydrogen-bond donors (Lipinski definition) is 1. The SMILES string of the molecule is Cc1nc(-n2cc(I)cn2)ccc1CNCC(C)C. The van der Waals surface area contributed by atoms with Gasteiger partial charge in [-0.05, 0) is 53.6 Å². The van der Waals surface area contributed by atoms with Crippen LogP contribution in [0.5, 0.6) is 0 Å². The molecule has 2 aromatic heterocycles. The van der Waals surface area contributed by atoms with Crippen molar-refractivity contribution in [3.8, 4) is 5.82 Å². The van der Waals surface area contributed by atoms with Gasteiger partial charge in [-0.1, -0.05) is 19.9 Å². The molecule has 0 atom stereocenters. The van der Waals surface area contributed by atoms with Gasteiger partial charge in [-0.3, -0.25) is 0 Å². The van der Waals surface area contributed by atoms with Gasteiger partial charge in [0.05, 0.1) is 9.77 Å². The Morgan fingerprint density at radius 2 is 2.16 bits per heavy atom. The molecule has 0 radical (unpaired) electrons. The molecular formula is C14H19IN4. The summed E-state index contributed by atoms with van der Waals surface area (Å²) in [7, 11) is 0. The normalized spacial score (nSPS) is 11.2. The third kappa shape index (κ3) is 4.01. The molecular weight excluding hydrogens is 351 g/mol. The Morgan fingerprint density at radius 3 is 2.74 bits per heavy atom. The number of rotatable bonds is 5. The summed E-state index contributed by atoms with van der Waals surface area (Å²) in [5.41, 5.74) is 2.30. The second-order valence-electron chi connectivity index (χ2n) is 5.04. The van der Waals surface area contributed by atoms with Crippen LogP contribution in [0, 0.1) is 16.4 Å². The van der Waals surface area contributed by atoms with E-state index >= 15 is 0 Å². The smallest absolute Gasteiger partial charge is 0.153 e. The average Bonchev–Trinajstić information content (AvgIpc) is 2.77. The Morgan fingerprint density at radius 1 is 1.37 bits per heavy atom. The topological polar surface area (TPSA) is 42.7 Å². The van der Waals surface area contributed by atoms with E-state index in [-0.39, 0.29) is 0 Å². The molecule has 0 bridgehead atoms. The van der Waals surface area contributed by atoms with Crippen LogP contribution in [0.15, 0.2) is 24.5 Å². The Labute approximate surface area is 127 Å². The summed E-state index contributed by atoms with van der Waals surface area (Å²) in [4.78, 5) is 4.61. The highest BCUT2D eigenvalue weighted by molar-refractivity contribution is 14.1. The summed E-state index contributed by atoms with van der Waals surface area (Å²) >= 11 is 2.25. The third-order valence-electron chi connectivity index (χ3n) is 2.83. The molecule has 4 nitrogen and oxygen atoms in total. The number of aromatic nitrogens is 3. The number of nitrogens with zero attached hydrogens (tertiary/aromatic N) is 3. The standard InChI is InChI=1S/C14H19IN4/c1-10(2)6-16-7-12-4-5-14(18-11(12)3)19-9-13(15)8-17-19/h4-5,8-10,16H,6-7H2,1-3H3. The number of aryl methyl sites for hydroxylation is 1. The van der Waals surface area contributed by atoms with Crippen molar-refractivity contribution in [1.82, 2.24) is 20.1 Å². The second-order valence-corrected chi connectivity index (χ2v) is 6.29. The summed E-state index contributed by atoms with van der Waals surface area (Å²) in [5, 5.41) is 7.71. The van der Waals surface area contributed by atoms with E-state index in [0.29, 0.717) is 5.92 Å². The molecule has 2 aromatic rings. The first-order valence-electron chi connectivity index (χ1n) is 6.44. The fraction of sp³-hybridized carbons (Fsp3) is 0.429. The maximum absolute atomic E-state index is 4.61. The molecule has 0 aliphatic rings. The number of pyridine rings is 1. The Kier molecular flexibility index (Phi) is 4.93. The molecule has 0 fully saturated rings. The Bertz CT molecular complexity index is 548. The first kappa shape index (κ1) is 14.5. The van der Waals surface area contributed by atoms with Crippen LogP contribution in [0.2, 0.25) is 0 Å². The predicted molar refractivity (Wildman–Crippen MR) is 85.4 cm³/mol. The maximum atomic E-state index is 4.61. The van der Waals surface area contributed by atoms with Gasteiger partial charge in [-0.25, -0.2) is 9.67 Å². The molecule has 1 N–H and O–H groups in total. The van der Waals surface area contributed by atoms with Crippen LogP contribution < -0.4 is 5.32 Å². The molecule has 2 heterocycles. The molecule has 0 saturated carbocycles. The van der Waals surface area contributed by atoms with Crippen molar-refractivity contribution in [2.75, 3.05) is 6.54 Å². The van der Waals surface area contributed by atoms with Gasteiger partial charge < -0.3 is 5.32 Å². The lowest BCUT2D eigenvalue weighted by molar-refractivity contribution is 0.551. The third-order valence-corrected chi connectivity index (χ3v) is 3.39. The minimum atomic E-state index is 0.665. The zero-order valence-electron chi connectivity index (χ0n) is 11.5. The van der Waals surface area contributed by atoms with Crippen molar-refractivity contribution in [2.45, 2.75) is 27.3 Å². The van der Waals surface area contributed by atoms with E-state index in [0.717, 1.165) is 28.2 Å². The van der Waals surface area contributed by atoms with Crippen molar-refractivity contribution < 1.29 is 0 Å². The van der Waals surface area contributed by atoms with Gasteiger partial charge in [-0.15, -0.1) is 0 Å². The van der Waals surface area contributed by atoms with E-state index < -0.39 is 0 Å². The van der Waals surface area contributed by atoms with Gasteiger partial charge in [0.1, 0.15) is 0 Å². The molecule has 0 aromatic carbocycles. The van der Waals surface area contributed by atoms with Crippen molar-refractivity contribution in [3.63, 3.8) is 0 Å². The lowest BCUT2D eigenvalue weighted by atomic mass is 10.2. The van der Waals surface area contributed by atoms with E-state index in [4.69, 9.17) is 0 Å². The quantitative estimate of drug-likeness (QED) is 0.824. The van der Waals surface area contributed by atoms with Crippen molar-refractivity contribution in [1.29, 1.82) is 0 Å². The van der Waals surface area contributed by atoms with Crippen LogP contribution in [-0.2, 0) is 6.54 Å². The van der Waals surface area contributed by atoms with Crippen LogP contribution in [0.25, 0.3) is 5.82 Å². The number of halogens is 1. The van der Waals surface area contributed by atoms with Crippen molar-refractivity contribution in [3.05, 3.63) is 39.4 Å². The number of hydrogen-bond acceptors (Lipinski definition) is 3. The van der Waals surface area contributed by atoms with Gasteiger partial charge in [-0.2, -0.15) is 5.10 Å². The predicted octanol–water partition coefficient (Wildman–Crippen LogP) is 2.93. The zero-order valence-corrected chi connectivity index (χ0v) is 13.7. The largest absolute Gasteiger partial charge is 0.312 e. The summed E-state index contributed by atoms with van der Waals surface area (Å²) in [5.74, 6) is 1.53. The summed E-state index contributed by atoms with van der Waals surface area (Å²) in [6.07, 6.45) is 3.80.